The molecule has 0 fully saturated rings. The lowest BCUT2D eigenvalue weighted by molar-refractivity contribution is 0.457. The van der Waals surface area contributed by atoms with Gasteiger partial charge in [-0.15, -0.1) is 0 Å². The van der Waals surface area contributed by atoms with E-state index in [4.69, 9.17) is 0 Å². The van der Waals surface area contributed by atoms with E-state index in [2.05, 4.69) is 8.73 Å². The van der Waals surface area contributed by atoms with Crippen molar-refractivity contribution in [2.45, 2.75) is 0 Å². The van der Waals surface area contributed by atoms with Gasteiger partial charge in [0.25, 0.3) is 0 Å². The number of nitrogens with zero attached hydrogens (tertiary/aromatic N) is 2. The fourth-order valence-electron chi connectivity index (χ4n) is 1.38. The van der Waals surface area contributed by atoms with Gasteiger partial charge in [-0.05, 0) is 0 Å². The normalized spacial score (nSPS) is 10.6. The first kappa shape index (κ1) is 17.1. The molecule has 0 aliphatic carbocycles. The average Bonchev–Trinajstić information content (AvgIpc) is 2.49. The Morgan fingerprint density at radius 1 is 0.522 bits per heavy atom. The summed E-state index contributed by atoms with van der Waals surface area (Å²) in [5, 5.41) is 0. The molecule has 2 rings (SSSR count). The zero-order valence-electron chi connectivity index (χ0n) is 10.5. The zero-order valence-corrected chi connectivity index (χ0v) is 11.3. The minimum absolute atomic E-state index is 0.0766. The Morgan fingerprint density at radius 3 is 1.04 bits per heavy atom. The number of hydrogen-bond donors (Lipinski definition) is 0. The number of benzene rings is 2. The standard InChI is InChI=1S/C12H2F8N2S/c13-3-1-4(14)8(18)11(7(3)17)21-23-22-12-9(19)5(15)2-6(16)10(12)20/h1-2H. The van der Waals surface area contributed by atoms with Crippen molar-refractivity contribution in [2.75, 3.05) is 0 Å². The Balaban J connectivity index is 2.57. The topological polar surface area (TPSA) is 24.7 Å². The smallest absolute Gasteiger partial charge is 0.188 e. The molecule has 0 radical (unpaired) electrons. The summed E-state index contributed by atoms with van der Waals surface area (Å²) < 4.78 is 110. The highest BCUT2D eigenvalue weighted by Gasteiger charge is 2.20. The molecule has 2 nitrogen and oxygen atoms in total. The van der Waals surface area contributed by atoms with E-state index < -0.39 is 57.9 Å². The van der Waals surface area contributed by atoms with Crippen LogP contribution in [0.5, 0.6) is 0 Å². The second-order valence-electron chi connectivity index (χ2n) is 3.90. The Hall–Kier alpha value is -2.30. The Labute approximate surface area is 126 Å². The molecule has 2 aromatic rings. The van der Waals surface area contributed by atoms with E-state index in [1.165, 1.54) is 0 Å². The number of hydrogen-bond acceptors (Lipinski definition) is 2. The molecule has 0 amide bonds. The van der Waals surface area contributed by atoms with Gasteiger partial charge in [0, 0.05) is 12.1 Å². The van der Waals surface area contributed by atoms with E-state index in [9.17, 15) is 35.1 Å². The van der Waals surface area contributed by atoms with E-state index in [-0.39, 0.29) is 23.5 Å². The third-order valence-electron chi connectivity index (χ3n) is 2.44. The Kier molecular flexibility index (Phi) is 4.78. The highest BCUT2D eigenvalue weighted by atomic mass is 32.1. The van der Waals surface area contributed by atoms with Crippen LogP contribution in [0.1, 0.15) is 0 Å². The molecule has 23 heavy (non-hydrogen) atoms. The fraction of sp³-hybridized carbons (Fsp3) is 0. The molecule has 0 heterocycles. The first-order chi connectivity index (χ1) is 10.7. The predicted octanol–water partition coefficient (Wildman–Crippen LogP) is 5.21. The van der Waals surface area contributed by atoms with E-state index in [1.54, 1.807) is 0 Å². The maximum absolute atomic E-state index is 13.3. The van der Waals surface area contributed by atoms with Crippen LogP contribution < -0.4 is 0 Å². The van der Waals surface area contributed by atoms with Crippen molar-refractivity contribution in [2.24, 2.45) is 8.73 Å². The van der Waals surface area contributed by atoms with E-state index in [1.807, 2.05) is 0 Å². The highest BCUT2D eigenvalue weighted by Crippen LogP contribution is 2.28. The fourth-order valence-corrected chi connectivity index (χ4v) is 1.91. The molecular weight excluding hydrogens is 356 g/mol. The van der Waals surface area contributed by atoms with Gasteiger partial charge >= 0.3 is 0 Å². The maximum atomic E-state index is 13.3. The van der Waals surface area contributed by atoms with Gasteiger partial charge in [-0.2, -0.15) is 8.73 Å². The van der Waals surface area contributed by atoms with Gasteiger partial charge in [0.05, 0.1) is 11.4 Å². The second kappa shape index (κ2) is 6.44. The average molecular weight is 358 g/mol. The largest absolute Gasteiger partial charge is 0.204 e. The number of halogens is 8. The molecule has 0 aliphatic rings. The van der Waals surface area contributed by atoms with Crippen LogP contribution in [0, 0.1) is 46.5 Å². The zero-order chi connectivity index (χ0) is 17.3. The lowest BCUT2D eigenvalue weighted by Gasteiger charge is -2.00. The van der Waals surface area contributed by atoms with E-state index in [0.29, 0.717) is 0 Å². The van der Waals surface area contributed by atoms with Gasteiger partial charge in [-0.1, -0.05) is 0 Å². The van der Waals surface area contributed by atoms with Crippen LogP contribution in [0.15, 0.2) is 20.9 Å². The first-order valence-corrected chi connectivity index (χ1v) is 6.21. The summed E-state index contributed by atoms with van der Waals surface area (Å²) in [4.78, 5) is 0. The monoisotopic (exact) mass is 358 g/mol. The summed E-state index contributed by atoms with van der Waals surface area (Å²) in [6, 6.07) is -0.153. The molecule has 0 aliphatic heterocycles. The highest BCUT2D eigenvalue weighted by molar-refractivity contribution is 7.57. The maximum Gasteiger partial charge on any atom is 0.188 e. The molecule has 122 valence electrons. The second-order valence-corrected chi connectivity index (χ2v) is 4.43. The van der Waals surface area contributed by atoms with Crippen LogP contribution in [-0.4, -0.2) is 0 Å². The lowest BCUT2D eigenvalue weighted by Crippen LogP contribution is -1.94. The van der Waals surface area contributed by atoms with Gasteiger partial charge in [-0.3, -0.25) is 0 Å². The van der Waals surface area contributed by atoms with Crippen molar-refractivity contribution in [1.82, 2.24) is 0 Å². The SMILES string of the molecule is Fc1cc(F)c(F)c(N=S=Nc2c(F)c(F)cc(F)c2F)c1F. The van der Waals surface area contributed by atoms with Crippen molar-refractivity contribution in [1.29, 1.82) is 0 Å². The summed E-state index contributed by atoms with van der Waals surface area (Å²) in [5.74, 6) is -14.6. The molecule has 0 atom stereocenters. The molecular formula is C12H2F8N2S. The minimum atomic E-state index is -1.88. The Bertz CT molecular complexity index is 741. The van der Waals surface area contributed by atoms with Crippen LogP contribution in [0.25, 0.3) is 0 Å². The lowest BCUT2D eigenvalue weighted by atomic mass is 10.3. The van der Waals surface area contributed by atoms with Crippen LogP contribution in [0.2, 0.25) is 0 Å². The third kappa shape index (κ3) is 3.23. The van der Waals surface area contributed by atoms with Gasteiger partial charge in [0.2, 0.25) is 0 Å². The molecule has 11 heteroatoms. The van der Waals surface area contributed by atoms with Crippen LogP contribution in [0.3, 0.4) is 0 Å². The summed E-state index contributed by atoms with van der Waals surface area (Å²) in [6.45, 7) is 0. The van der Waals surface area contributed by atoms with Gasteiger partial charge in [0.15, 0.2) is 57.9 Å². The van der Waals surface area contributed by atoms with E-state index >= 15 is 0 Å². The number of rotatable bonds is 2. The summed E-state index contributed by atoms with van der Waals surface area (Å²) in [7, 11) is 0. The van der Waals surface area contributed by atoms with Crippen molar-refractivity contribution in [3.05, 3.63) is 58.7 Å². The van der Waals surface area contributed by atoms with Crippen molar-refractivity contribution < 1.29 is 35.1 Å². The first-order valence-electron chi connectivity index (χ1n) is 5.48. The molecule has 0 unspecified atom stereocenters. The van der Waals surface area contributed by atoms with Gasteiger partial charge in [-0.25, -0.2) is 35.1 Å². The quantitative estimate of drug-likeness (QED) is 0.520. The molecule has 0 aromatic heterocycles. The van der Waals surface area contributed by atoms with Gasteiger partial charge in [0.1, 0.15) is 0 Å². The van der Waals surface area contributed by atoms with Gasteiger partial charge < -0.3 is 0 Å². The third-order valence-corrected chi connectivity index (χ3v) is 2.97. The van der Waals surface area contributed by atoms with Crippen LogP contribution >= 0.6 is 0 Å². The molecule has 0 bridgehead atoms. The molecule has 0 N–H and O–H groups in total. The minimum Gasteiger partial charge on any atom is -0.204 e. The summed E-state index contributed by atoms with van der Waals surface area (Å²) in [5.41, 5.74) is -2.90. The molecule has 0 saturated heterocycles. The van der Waals surface area contributed by atoms with E-state index in [0.717, 1.165) is 0 Å². The van der Waals surface area contributed by atoms with Crippen LogP contribution in [-0.2, 0) is 11.4 Å². The summed E-state index contributed by atoms with van der Waals surface area (Å²) >= 11 is -0.326. The molecule has 2 aromatic carbocycles. The summed E-state index contributed by atoms with van der Waals surface area (Å²) in [6.07, 6.45) is 0. The van der Waals surface area contributed by atoms with Crippen LogP contribution in [0.4, 0.5) is 46.5 Å². The van der Waals surface area contributed by atoms with Crippen molar-refractivity contribution >= 4 is 22.7 Å². The Morgan fingerprint density at radius 2 is 0.783 bits per heavy atom. The van der Waals surface area contributed by atoms with Crippen molar-refractivity contribution in [3.8, 4) is 0 Å². The molecule has 0 spiro atoms. The molecule has 0 saturated carbocycles. The predicted molar refractivity (Wildman–Crippen MR) is 64.1 cm³/mol. The van der Waals surface area contributed by atoms with Crippen molar-refractivity contribution in [3.63, 3.8) is 0 Å².